The van der Waals surface area contributed by atoms with Crippen LogP contribution in [-0.4, -0.2) is 44.6 Å². The van der Waals surface area contributed by atoms with E-state index in [1.54, 1.807) is 0 Å². The molecule has 106 valence electrons. The summed E-state index contributed by atoms with van der Waals surface area (Å²) >= 11 is 0. The number of amidine groups is 1. The van der Waals surface area contributed by atoms with Crippen LogP contribution in [-0.2, 0) is 9.84 Å². The molecule has 0 spiro atoms. The van der Waals surface area contributed by atoms with Crippen molar-refractivity contribution in [2.75, 3.05) is 30.0 Å². The SMILES string of the molecule is CS(=O)(=O)CCN(CC/C(N)=N/O)c1ccccc1. The molecule has 0 heterocycles. The van der Waals surface area contributed by atoms with Crippen molar-refractivity contribution in [2.45, 2.75) is 6.42 Å². The first-order chi connectivity index (χ1) is 8.92. The van der Waals surface area contributed by atoms with E-state index in [4.69, 9.17) is 10.9 Å². The Morgan fingerprint density at radius 2 is 1.95 bits per heavy atom. The molecule has 19 heavy (non-hydrogen) atoms. The van der Waals surface area contributed by atoms with Gasteiger partial charge in [-0.15, -0.1) is 0 Å². The first-order valence-corrected chi connectivity index (χ1v) is 7.92. The molecule has 1 aromatic rings. The van der Waals surface area contributed by atoms with E-state index in [0.717, 1.165) is 5.69 Å². The number of hydrogen-bond donors (Lipinski definition) is 2. The first-order valence-electron chi connectivity index (χ1n) is 5.86. The van der Waals surface area contributed by atoms with Crippen LogP contribution < -0.4 is 10.6 Å². The number of sulfone groups is 1. The van der Waals surface area contributed by atoms with Crippen molar-refractivity contribution in [3.63, 3.8) is 0 Å². The third-order valence-electron chi connectivity index (χ3n) is 2.62. The van der Waals surface area contributed by atoms with Gasteiger partial charge in [0.15, 0.2) is 0 Å². The molecule has 0 fully saturated rings. The predicted octanol–water partition coefficient (Wildman–Crippen LogP) is 0.674. The maximum Gasteiger partial charge on any atom is 0.149 e. The van der Waals surface area contributed by atoms with E-state index >= 15 is 0 Å². The number of hydrogen-bond acceptors (Lipinski definition) is 5. The van der Waals surface area contributed by atoms with Gasteiger partial charge in [0.1, 0.15) is 15.7 Å². The minimum atomic E-state index is -3.02. The standard InChI is InChI=1S/C12H19N3O3S/c1-19(17,18)10-9-15(8-7-12(13)14-16)11-5-3-2-4-6-11/h2-6,16H,7-10H2,1H3,(H2,13,14). The van der Waals surface area contributed by atoms with Gasteiger partial charge in [0.2, 0.25) is 0 Å². The van der Waals surface area contributed by atoms with Gasteiger partial charge in [-0.2, -0.15) is 0 Å². The molecule has 0 atom stereocenters. The van der Waals surface area contributed by atoms with Gasteiger partial charge in [-0.25, -0.2) is 8.42 Å². The van der Waals surface area contributed by atoms with E-state index in [1.807, 2.05) is 35.2 Å². The third-order valence-corrected chi connectivity index (χ3v) is 3.54. The monoisotopic (exact) mass is 285 g/mol. The lowest BCUT2D eigenvalue weighted by molar-refractivity contribution is 0.317. The van der Waals surface area contributed by atoms with Crippen LogP contribution in [0.5, 0.6) is 0 Å². The van der Waals surface area contributed by atoms with E-state index in [1.165, 1.54) is 6.26 Å². The second-order valence-corrected chi connectivity index (χ2v) is 6.55. The Hall–Kier alpha value is -1.76. The summed E-state index contributed by atoms with van der Waals surface area (Å²) in [7, 11) is -3.02. The van der Waals surface area contributed by atoms with Crippen molar-refractivity contribution in [3.05, 3.63) is 30.3 Å². The Balaban J connectivity index is 2.74. The van der Waals surface area contributed by atoms with Gasteiger partial charge in [0, 0.05) is 31.5 Å². The molecule has 0 amide bonds. The Labute approximate surface area is 113 Å². The van der Waals surface area contributed by atoms with Crippen LogP contribution in [0.3, 0.4) is 0 Å². The number of benzene rings is 1. The van der Waals surface area contributed by atoms with Crippen LogP contribution in [0.15, 0.2) is 35.5 Å². The molecule has 0 aliphatic carbocycles. The Kier molecular flexibility index (Phi) is 5.62. The van der Waals surface area contributed by atoms with E-state index < -0.39 is 9.84 Å². The van der Waals surface area contributed by atoms with Crippen molar-refractivity contribution in [2.24, 2.45) is 10.9 Å². The van der Waals surface area contributed by atoms with E-state index in [9.17, 15) is 8.42 Å². The van der Waals surface area contributed by atoms with Gasteiger partial charge in [-0.3, -0.25) is 0 Å². The van der Waals surface area contributed by atoms with Gasteiger partial charge in [-0.1, -0.05) is 23.4 Å². The summed E-state index contributed by atoms with van der Waals surface area (Å²) in [5.41, 5.74) is 6.35. The maximum absolute atomic E-state index is 11.2. The topological polar surface area (TPSA) is 96.0 Å². The van der Waals surface area contributed by atoms with Crippen LogP contribution >= 0.6 is 0 Å². The lowest BCUT2D eigenvalue weighted by Gasteiger charge is -2.24. The Bertz CT molecular complexity index is 514. The molecule has 3 N–H and O–H groups in total. The summed E-state index contributed by atoms with van der Waals surface area (Å²) in [6.45, 7) is 0.872. The summed E-state index contributed by atoms with van der Waals surface area (Å²) in [4.78, 5) is 1.90. The molecule has 0 radical (unpaired) electrons. The molecule has 6 nitrogen and oxygen atoms in total. The Morgan fingerprint density at radius 1 is 1.32 bits per heavy atom. The van der Waals surface area contributed by atoms with Crippen molar-refractivity contribution in [1.82, 2.24) is 0 Å². The number of nitrogens with two attached hydrogens (primary N) is 1. The average Bonchev–Trinajstić information content (AvgIpc) is 2.38. The second kappa shape index (κ2) is 6.98. The highest BCUT2D eigenvalue weighted by atomic mass is 32.2. The van der Waals surface area contributed by atoms with Crippen LogP contribution in [0.4, 0.5) is 5.69 Å². The van der Waals surface area contributed by atoms with Gasteiger partial charge < -0.3 is 15.8 Å². The molecule has 0 saturated carbocycles. The number of oxime groups is 1. The number of anilines is 1. The summed E-state index contributed by atoms with van der Waals surface area (Å²) in [6, 6.07) is 9.45. The first kappa shape index (κ1) is 15.3. The van der Waals surface area contributed by atoms with Crippen molar-refractivity contribution < 1.29 is 13.6 Å². The highest BCUT2D eigenvalue weighted by molar-refractivity contribution is 7.90. The highest BCUT2D eigenvalue weighted by Gasteiger charge is 2.10. The molecular weight excluding hydrogens is 266 g/mol. The van der Waals surface area contributed by atoms with Gasteiger partial charge in [-0.05, 0) is 12.1 Å². The second-order valence-electron chi connectivity index (χ2n) is 4.29. The zero-order valence-electron chi connectivity index (χ0n) is 10.9. The quantitative estimate of drug-likeness (QED) is 0.332. The molecule has 0 bridgehead atoms. The molecule has 7 heteroatoms. The molecule has 0 unspecified atom stereocenters. The zero-order valence-corrected chi connectivity index (χ0v) is 11.7. The average molecular weight is 285 g/mol. The fraction of sp³-hybridized carbons (Fsp3) is 0.417. The van der Waals surface area contributed by atoms with Crippen molar-refractivity contribution >= 4 is 21.4 Å². The molecule has 1 rings (SSSR count). The zero-order chi connectivity index (χ0) is 14.3. The fourth-order valence-corrected chi connectivity index (χ4v) is 2.14. The van der Waals surface area contributed by atoms with E-state index in [-0.39, 0.29) is 11.6 Å². The Morgan fingerprint density at radius 3 is 2.47 bits per heavy atom. The van der Waals surface area contributed by atoms with Crippen LogP contribution in [0.25, 0.3) is 0 Å². The van der Waals surface area contributed by atoms with Gasteiger partial charge in [0.25, 0.3) is 0 Å². The van der Waals surface area contributed by atoms with Gasteiger partial charge >= 0.3 is 0 Å². The molecule has 1 aromatic carbocycles. The number of nitrogens with zero attached hydrogens (tertiary/aromatic N) is 2. The number of rotatable bonds is 7. The summed E-state index contributed by atoms with van der Waals surface area (Å²) < 4.78 is 22.5. The largest absolute Gasteiger partial charge is 0.409 e. The summed E-state index contributed by atoms with van der Waals surface area (Å²) in [5.74, 6) is 0.193. The van der Waals surface area contributed by atoms with Gasteiger partial charge in [0.05, 0.1) is 5.75 Å². The van der Waals surface area contributed by atoms with Crippen molar-refractivity contribution in [3.8, 4) is 0 Å². The fourth-order valence-electron chi connectivity index (χ4n) is 1.58. The summed E-state index contributed by atoms with van der Waals surface area (Å²) in [5, 5.41) is 11.4. The maximum atomic E-state index is 11.2. The minimum absolute atomic E-state index is 0.0675. The molecular formula is C12H19N3O3S. The van der Waals surface area contributed by atoms with Crippen LogP contribution in [0.2, 0.25) is 0 Å². The predicted molar refractivity (Wildman–Crippen MR) is 76.4 cm³/mol. The highest BCUT2D eigenvalue weighted by Crippen LogP contribution is 2.13. The smallest absolute Gasteiger partial charge is 0.149 e. The normalized spacial score (nSPS) is 12.4. The molecule has 0 aromatic heterocycles. The van der Waals surface area contributed by atoms with E-state index in [0.29, 0.717) is 19.5 Å². The lowest BCUT2D eigenvalue weighted by Crippen LogP contribution is -2.32. The lowest BCUT2D eigenvalue weighted by atomic mass is 10.2. The molecule has 0 aliphatic heterocycles. The third kappa shape index (κ3) is 6.10. The number of para-hydroxylation sites is 1. The summed E-state index contributed by atoms with van der Waals surface area (Å²) in [6.07, 6.45) is 1.58. The van der Waals surface area contributed by atoms with Crippen LogP contribution in [0.1, 0.15) is 6.42 Å². The van der Waals surface area contributed by atoms with E-state index in [2.05, 4.69) is 5.16 Å². The van der Waals surface area contributed by atoms with Crippen LogP contribution in [0, 0.1) is 0 Å². The molecule has 0 saturated heterocycles. The minimum Gasteiger partial charge on any atom is -0.409 e. The molecule has 0 aliphatic rings. The van der Waals surface area contributed by atoms with Crippen molar-refractivity contribution in [1.29, 1.82) is 0 Å².